The van der Waals surface area contributed by atoms with E-state index in [1.54, 1.807) is 24.3 Å². The van der Waals surface area contributed by atoms with Gasteiger partial charge in [0.2, 0.25) is 10.0 Å². The van der Waals surface area contributed by atoms with Crippen LogP contribution in [0.4, 0.5) is 0 Å². The van der Waals surface area contributed by atoms with Gasteiger partial charge < -0.3 is 0 Å². The topological polar surface area (TPSA) is 78.8 Å². The lowest BCUT2D eigenvalue weighted by atomic mass is 10.1. The average molecular weight is 605 g/mol. The normalized spacial score (nSPS) is 11.9. The van der Waals surface area contributed by atoms with E-state index in [0.717, 1.165) is 25.1 Å². The fraction of sp³-hybridized carbons (Fsp3) is 0.0769. The lowest BCUT2D eigenvalue weighted by Crippen LogP contribution is -2.39. The highest BCUT2D eigenvalue weighted by atomic mass is 79.9. The number of hydrogen-bond acceptors (Lipinski definition) is 4. The fourth-order valence-electron chi connectivity index (χ4n) is 3.55. The first-order chi connectivity index (χ1) is 17.2. The number of halogens is 3. The lowest BCUT2D eigenvalue weighted by Gasteiger charge is -2.22. The molecule has 10 heteroatoms. The second kappa shape index (κ2) is 11.5. The second-order valence-corrected chi connectivity index (χ2v) is 11.5. The maximum atomic E-state index is 13.4. The first kappa shape index (κ1) is 26.3. The second-order valence-electron chi connectivity index (χ2n) is 7.82. The van der Waals surface area contributed by atoms with Crippen LogP contribution in [0.3, 0.4) is 0 Å². The van der Waals surface area contributed by atoms with E-state index in [0.29, 0.717) is 15.6 Å². The van der Waals surface area contributed by atoms with Gasteiger partial charge in [-0.1, -0.05) is 87.7 Å². The molecule has 1 N–H and O–H groups in total. The minimum atomic E-state index is -4.04. The van der Waals surface area contributed by atoms with E-state index in [9.17, 15) is 13.2 Å². The molecule has 0 unspecified atom stereocenters. The predicted octanol–water partition coefficient (Wildman–Crippen LogP) is 6.25. The van der Waals surface area contributed by atoms with Gasteiger partial charge in [0.05, 0.1) is 17.7 Å². The van der Waals surface area contributed by atoms with E-state index in [-0.39, 0.29) is 11.4 Å². The van der Waals surface area contributed by atoms with Crippen LogP contribution in [0.2, 0.25) is 10.0 Å². The Labute approximate surface area is 227 Å². The molecule has 1 amide bonds. The van der Waals surface area contributed by atoms with E-state index >= 15 is 0 Å². The quantitative estimate of drug-likeness (QED) is 0.191. The number of hydrazone groups is 1. The van der Waals surface area contributed by atoms with Gasteiger partial charge in [-0.15, -0.1) is 0 Å². The van der Waals surface area contributed by atoms with Gasteiger partial charge in [-0.3, -0.25) is 4.79 Å². The van der Waals surface area contributed by atoms with Crippen LogP contribution in [0.25, 0.3) is 10.8 Å². The zero-order valence-corrected chi connectivity index (χ0v) is 22.7. The Balaban J connectivity index is 1.56. The molecule has 0 atom stereocenters. The number of fused-ring (bicyclic) bond motifs is 1. The number of sulfonamides is 1. The van der Waals surface area contributed by atoms with Gasteiger partial charge in [0.25, 0.3) is 5.91 Å². The zero-order chi connectivity index (χ0) is 25.7. The largest absolute Gasteiger partial charge is 0.272 e. The zero-order valence-electron chi connectivity index (χ0n) is 18.7. The SMILES string of the molecule is O=C(CN(Cc1ccc(Cl)cc1Cl)S(=O)(=O)c1ccc(Br)cc1)N/N=C/c1cccc2ccccc12. The summed E-state index contributed by atoms with van der Waals surface area (Å²) in [7, 11) is -4.04. The van der Waals surface area contributed by atoms with E-state index < -0.39 is 22.5 Å². The molecule has 0 bridgehead atoms. The summed E-state index contributed by atoms with van der Waals surface area (Å²) in [6.07, 6.45) is 1.53. The highest BCUT2D eigenvalue weighted by Crippen LogP contribution is 2.26. The summed E-state index contributed by atoms with van der Waals surface area (Å²) in [6, 6.07) is 24.5. The van der Waals surface area contributed by atoms with Crippen LogP contribution < -0.4 is 5.43 Å². The first-order valence-corrected chi connectivity index (χ1v) is 13.7. The van der Waals surface area contributed by atoms with Crippen molar-refractivity contribution in [3.8, 4) is 0 Å². The molecule has 0 heterocycles. The first-order valence-electron chi connectivity index (χ1n) is 10.7. The van der Waals surface area contributed by atoms with Crippen LogP contribution in [0.15, 0.2) is 99.4 Å². The van der Waals surface area contributed by atoms with Crippen molar-refractivity contribution in [2.24, 2.45) is 5.10 Å². The number of nitrogens with zero attached hydrogens (tertiary/aromatic N) is 2. The maximum Gasteiger partial charge on any atom is 0.255 e. The van der Waals surface area contributed by atoms with Crippen molar-refractivity contribution in [1.29, 1.82) is 0 Å². The van der Waals surface area contributed by atoms with Gasteiger partial charge in [-0.25, -0.2) is 13.8 Å². The Kier molecular flexibility index (Phi) is 8.43. The fourth-order valence-corrected chi connectivity index (χ4v) is 5.66. The van der Waals surface area contributed by atoms with Crippen molar-refractivity contribution < 1.29 is 13.2 Å². The number of carbonyl (C=O) groups excluding carboxylic acids is 1. The van der Waals surface area contributed by atoms with Crippen LogP contribution in [0, 0.1) is 0 Å². The number of benzene rings is 4. The Morgan fingerprint density at radius 3 is 2.44 bits per heavy atom. The molecule has 184 valence electrons. The molecule has 36 heavy (non-hydrogen) atoms. The molecule has 0 saturated carbocycles. The Bertz CT molecular complexity index is 1540. The number of amides is 1. The summed E-state index contributed by atoms with van der Waals surface area (Å²) < 4.78 is 28.6. The van der Waals surface area contributed by atoms with E-state index in [2.05, 4.69) is 26.5 Å². The number of nitrogens with one attached hydrogen (secondary N) is 1. The minimum absolute atomic E-state index is 0.0443. The number of rotatable bonds is 8. The van der Waals surface area contributed by atoms with Crippen molar-refractivity contribution in [2.45, 2.75) is 11.4 Å². The lowest BCUT2D eigenvalue weighted by molar-refractivity contribution is -0.121. The molecule has 4 rings (SSSR count). The number of carbonyl (C=O) groups is 1. The minimum Gasteiger partial charge on any atom is -0.272 e. The molecule has 0 aromatic heterocycles. The molecule has 0 radical (unpaired) electrons. The van der Waals surface area contributed by atoms with E-state index in [1.807, 2.05) is 42.5 Å². The molecule has 0 aliphatic rings. The molecule has 4 aromatic carbocycles. The molecule has 0 fully saturated rings. The molecular weight excluding hydrogens is 585 g/mol. The van der Waals surface area contributed by atoms with Crippen molar-refractivity contribution in [3.05, 3.63) is 111 Å². The van der Waals surface area contributed by atoms with Crippen molar-refractivity contribution >= 4 is 72.0 Å². The molecule has 0 saturated heterocycles. The van der Waals surface area contributed by atoms with Crippen LogP contribution in [0.5, 0.6) is 0 Å². The van der Waals surface area contributed by atoms with Crippen LogP contribution in [0.1, 0.15) is 11.1 Å². The summed E-state index contributed by atoms with van der Waals surface area (Å²) in [5, 5.41) is 6.80. The third kappa shape index (κ3) is 6.32. The third-order valence-corrected chi connectivity index (χ3v) is 8.27. The van der Waals surface area contributed by atoms with Crippen LogP contribution >= 0.6 is 39.1 Å². The Hall–Kier alpha value is -2.75. The molecule has 0 spiro atoms. The van der Waals surface area contributed by atoms with Gasteiger partial charge in [-0.2, -0.15) is 9.41 Å². The highest BCUT2D eigenvalue weighted by Gasteiger charge is 2.27. The summed E-state index contributed by atoms with van der Waals surface area (Å²) in [6.45, 7) is -0.598. The summed E-state index contributed by atoms with van der Waals surface area (Å²) in [5.41, 5.74) is 3.76. The van der Waals surface area contributed by atoms with Crippen molar-refractivity contribution in [2.75, 3.05) is 6.54 Å². The van der Waals surface area contributed by atoms with Gasteiger partial charge in [0.15, 0.2) is 0 Å². The van der Waals surface area contributed by atoms with Crippen LogP contribution in [-0.2, 0) is 21.4 Å². The van der Waals surface area contributed by atoms with E-state index in [4.69, 9.17) is 23.2 Å². The Morgan fingerprint density at radius 1 is 0.972 bits per heavy atom. The highest BCUT2D eigenvalue weighted by molar-refractivity contribution is 9.10. The maximum absolute atomic E-state index is 13.4. The summed E-state index contributed by atoms with van der Waals surface area (Å²) in [4.78, 5) is 12.8. The summed E-state index contributed by atoms with van der Waals surface area (Å²) in [5.74, 6) is -0.600. The predicted molar refractivity (Wildman–Crippen MR) is 148 cm³/mol. The summed E-state index contributed by atoms with van der Waals surface area (Å²) >= 11 is 15.6. The van der Waals surface area contributed by atoms with Crippen LogP contribution in [-0.4, -0.2) is 31.4 Å². The number of hydrogen-bond donors (Lipinski definition) is 1. The monoisotopic (exact) mass is 603 g/mol. The molecule has 6 nitrogen and oxygen atoms in total. The smallest absolute Gasteiger partial charge is 0.255 e. The van der Waals surface area contributed by atoms with Gasteiger partial charge in [0.1, 0.15) is 0 Å². The van der Waals surface area contributed by atoms with Gasteiger partial charge in [0, 0.05) is 26.6 Å². The van der Waals surface area contributed by atoms with Crippen molar-refractivity contribution in [3.63, 3.8) is 0 Å². The van der Waals surface area contributed by atoms with Gasteiger partial charge >= 0.3 is 0 Å². The van der Waals surface area contributed by atoms with E-state index in [1.165, 1.54) is 24.4 Å². The Morgan fingerprint density at radius 2 is 1.69 bits per heavy atom. The molecule has 4 aromatic rings. The average Bonchev–Trinajstić information content (AvgIpc) is 2.85. The van der Waals surface area contributed by atoms with Gasteiger partial charge in [-0.05, 0) is 52.7 Å². The molecule has 0 aliphatic heterocycles. The molecular formula is C26H20BrCl2N3O3S. The standard InChI is InChI=1S/C26H20BrCl2N3O3S/c27-21-9-12-23(13-10-21)36(34,35)32(16-20-8-11-22(28)14-25(20)29)17-26(33)31-30-15-19-6-3-5-18-4-1-2-7-24(18)19/h1-15H,16-17H2,(H,31,33)/b30-15+. The van der Waals surface area contributed by atoms with Crippen molar-refractivity contribution in [1.82, 2.24) is 9.73 Å². The third-order valence-electron chi connectivity index (χ3n) is 5.35. The molecule has 0 aliphatic carbocycles.